The molecule has 1 atom stereocenters. The second-order valence-corrected chi connectivity index (χ2v) is 5.88. The van der Waals surface area contributed by atoms with Gasteiger partial charge in [0.15, 0.2) is 0 Å². The van der Waals surface area contributed by atoms with Crippen LogP contribution in [0.2, 0.25) is 0 Å². The van der Waals surface area contributed by atoms with Crippen LogP contribution in [0.15, 0.2) is 18.2 Å². The number of aromatic carboxylic acids is 1. The maximum absolute atomic E-state index is 12.2. The van der Waals surface area contributed by atoms with E-state index in [2.05, 4.69) is 5.32 Å². The molecule has 1 unspecified atom stereocenters. The second-order valence-electron chi connectivity index (χ2n) is 4.63. The summed E-state index contributed by atoms with van der Waals surface area (Å²) in [7, 11) is 0. The summed E-state index contributed by atoms with van der Waals surface area (Å²) in [5, 5.41) is 11.8. The van der Waals surface area contributed by atoms with Crippen molar-refractivity contribution in [3.63, 3.8) is 0 Å². The fourth-order valence-corrected chi connectivity index (χ4v) is 2.51. The molecule has 0 bridgehead atoms. The Labute approximate surface area is 124 Å². The highest BCUT2D eigenvalue weighted by atomic mass is 127. The zero-order chi connectivity index (χ0) is 14.0. The largest absolute Gasteiger partial charge is 0.478 e. The van der Waals surface area contributed by atoms with Crippen LogP contribution in [-0.4, -0.2) is 29.2 Å². The zero-order valence-electron chi connectivity index (χ0n) is 10.4. The normalized spacial score (nSPS) is 22.2. The summed E-state index contributed by atoms with van der Waals surface area (Å²) in [6, 6.07) is 4.87. The minimum absolute atomic E-state index is 0.0850. The summed E-state index contributed by atoms with van der Waals surface area (Å²) >= 11 is 2.03. The van der Waals surface area contributed by atoms with E-state index in [9.17, 15) is 9.59 Å². The van der Waals surface area contributed by atoms with E-state index in [0.717, 1.165) is 9.99 Å². The van der Waals surface area contributed by atoms with Crippen molar-refractivity contribution in [2.24, 2.45) is 0 Å². The van der Waals surface area contributed by atoms with E-state index in [1.54, 1.807) is 19.1 Å². The fraction of sp³-hybridized carbons (Fsp3) is 0.385. The van der Waals surface area contributed by atoms with E-state index in [-0.39, 0.29) is 11.5 Å². The summed E-state index contributed by atoms with van der Waals surface area (Å²) in [4.78, 5) is 23.3. The standard InChI is InChI=1S/C13H14INO4/c1-13(5-2-6-19-13)12(18)15-10-4-3-8(14)7-9(10)11(16)17/h3-4,7H,2,5-6H2,1H3,(H,15,18)(H,16,17). The van der Waals surface area contributed by atoms with Gasteiger partial charge in [-0.2, -0.15) is 0 Å². The van der Waals surface area contributed by atoms with Crippen LogP contribution >= 0.6 is 22.6 Å². The number of hydrogen-bond acceptors (Lipinski definition) is 3. The average molecular weight is 375 g/mol. The molecule has 0 aromatic heterocycles. The lowest BCUT2D eigenvalue weighted by molar-refractivity contribution is -0.133. The van der Waals surface area contributed by atoms with Gasteiger partial charge in [0.25, 0.3) is 5.91 Å². The van der Waals surface area contributed by atoms with E-state index < -0.39 is 11.6 Å². The maximum atomic E-state index is 12.2. The summed E-state index contributed by atoms with van der Waals surface area (Å²) in [5.41, 5.74) is -0.477. The van der Waals surface area contributed by atoms with Gasteiger partial charge in [0.2, 0.25) is 0 Å². The van der Waals surface area contributed by atoms with Crippen molar-refractivity contribution >= 4 is 40.2 Å². The smallest absolute Gasteiger partial charge is 0.337 e. The molecule has 1 aliphatic heterocycles. The predicted molar refractivity (Wildman–Crippen MR) is 78.3 cm³/mol. The van der Waals surface area contributed by atoms with Crippen molar-refractivity contribution in [1.29, 1.82) is 0 Å². The Morgan fingerprint density at radius 1 is 1.47 bits per heavy atom. The van der Waals surface area contributed by atoms with Gasteiger partial charge in [-0.1, -0.05) is 0 Å². The monoisotopic (exact) mass is 375 g/mol. The number of ether oxygens (including phenoxy) is 1. The molecule has 1 fully saturated rings. The number of carbonyl (C=O) groups excluding carboxylic acids is 1. The maximum Gasteiger partial charge on any atom is 0.337 e. The van der Waals surface area contributed by atoms with Crippen LogP contribution in [-0.2, 0) is 9.53 Å². The molecule has 1 aromatic carbocycles. The van der Waals surface area contributed by atoms with Crippen LogP contribution in [0, 0.1) is 3.57 Å². The SMILES string of the molecule is CC1(C(=O)Nc2ccc(I)cc2C(=O)O)CCCO1. The van der Waals surface area contributed by atoms with Gasteiger partial charge in [-0.05, 0) is 60.6 Å². The Morgan fingerprint density at radius 2 is 2.21 bits per heavy atom. The van der Waals surface area contributed by atoms with Crippen LogP contribution in [0.25, 0.3) is 0 Å². The summed E-state index contributed by atoms with van der Waals surface area (Å²) in [6.45, 7) is 2.28. The van der Waals surface area contributed by atoms with Crippen LogP contribution in [0.5, 0.6) is 0 Å². The van der Waals surface area contributed by atoms with E-state index in [0.29, 0.717) is 18.7 Å². The minimum Gasteiger partial charge on any atom is -0.478 e. The number of anilines is 1. The summed E-state index contributed by atoms with van der Waals surface area (Å²) < 4.78 is 6.24. The third-order valence-electron chi connectivity index (χ3n) is 3.16. The van der Waals surface area contributed by atoms with Gasteiger partial charge < -0.3 is 15.2 Å². The molecule has 6 heteroatoms. The number of halogens is 1. The third-order valence-corrected chi connectivity index (χ3v) is 3.83. The first-order valence-corrected chi connectivity index (χ1v) is 6.98. The van der Waals surface area contributed by atoms with Gasteiger partial charge >= 0.3 is 5.97 Å². The fourth-order valence-electron chi connectivity index (χ4n) is 2.02. The molecule has 2 N–H and O–H groups in total. The molecule has 102 valence electrons. The summed E-state index contributed by atoms with van der Waals surface area (Å²) in [6.07, 6.45) is 1.48. The molecular weight excluding hydrogens is 361 g/mol. The minimum atomic E-state index is -1.06. The average Bonchev–Trinajstić information content (AvgIpc) is 2.79. The zero-order valence-corrected chi connectivity index (χ0v) is 12.6. The molecule has 19 heavy (non-hydrogen) atoms. The van der Waals surface area contributed by atoms with Crippen molar-refractivity contribution < 1.29 is 19.4 Å². The Bertz CT molecular complexity index is 523. The van der Waals surface area contributed by atoms with Crippen molar-refractivity contribution in [3.05, 3.63) is 27.3 Å². The Hall–Kier alpha value is -1.15. The van der Waals surface area contributed by atoms with Crippen molar-refractivity contribution in [3.8, 4) is 0 Å². The highest BCUT2D eigenvalue weighted by Crippen LogP contribution is 2.27. The molecule has 1 aliphatic rings. The van der Waals surface area contributed by atoms with Crippen LogP contribution in [0.4, 0.5) is 5.69 Å². The number of benzene rings is 1. The molecule has 1 saturated heterocycles. The Kier molecular flexibility index (Phi) is 4.10. The number of carbonyl (C=O) groups is 2. The lowest BCUT2D eigenvalue weighted by Crippen LogP contribution is -2.39. The molecule has 1 aromatic rings. The molecular formula is C13H14INO4. The molecule has 0 saturated carbocycles. The number of carboxylic acids is 1. The molecule has 5 nitrogen and oxygen atoms in total. The number of amides is 1. The number of nitrogens with one attached hydrogen (secondary N) is 1. The van der Waals surface area contributed by atoms with Crippen LogP contribution < -0.4 is 5.32 Å². The highest BCUT2D eigenvalue weighted by Gasteiger charge is 2.38. The Morgan fingerprint density at radius 3 is 2.79 bits per heavy atom. The van der Waals surface area contributed by atoms with Crippen molar-refractivity contribution in [1.82, 2.24) is 0 Å². The number of hydrogen-bond donors (Lipinski definition) is 2. The first-order valence-electron chi connectivity index (χ1n) is 5.91. The van der Waals surface area contributed by atoms with Gasteiger partial charge in [-0.3, -0.25) is 4.79 Å². The van der Waals surface area contributed by atoms with Gasteiger partial charge in [-0.15, -0.1) is 0 Å². The molecule has 0 spiro atoms. The molecule has 1 heterocycles. The van der Waals surface area contributed by atoms with E-state index in [1.807, 2.05) is 22.6 Å². The van der Waals surface area contributed by atoms with Gasteiger partial charge in [0.1, 0.15) is 5.60 Å². The molecule has 1 amide bonds. The number of rotatable bonds is 3. The van der Waals surface area contributed by atoms with Gasteiger partial charge in [-0.25, -0.2) is 4.79 Å². The lowest BCUT2D eigenvalue weighted by atomic mass is 10.0. The van der Waals surface area contributed by atoms with Gasteiger partial charge in [0.05, 0.1) is 11.3 Å². The van der Waals surface area contributed by atoms with Crippen molar-refractivity contribution in [2.45, 2.75) is 25.4 Å². The van der Waals surface area contributed by atoms with Crippen LogP contribution in [0.3, 0.4) is 0 Å². The first kappa shape index (κ1) is 14.3. The quantitative estimate of drug-likeness (QED) is 0.797. The Balaban J connectivity index is 2.23. The molecule has 0 aliphatic carbocycles. The highest BCUT2D eigenvalue weighted by molar-refractivity contribution is 14.1. The van der Waals surface area contributed by atoms with Crippen LogP contribution in [0.1, 0.15) is 30.1 Å². The predicted octanol–water partition coefficient (Wildman–Crippen LogP) is 2.50. The number of carboxylic acid groups (broad SMARTS) is 1. The van der Waals surface area contributed by atoms with Gasteiger partial charge in [0, 0.05) is 10.2 Å². The lowest BCUT2D eigenvalue weighted by Gasteiger charge is -2.22. The first-order chi connectivity index (χ1) is 8.92. The molecule has 2 rings (SSSR count). The van der Waals surface area contributed by atoms with E-state index in [4.69, 9.17) is 9.84 Å². The topological polar surface area (TPSA) is 75.6 Å². The third kappa shape index (κ3) is 3.06. The molecule has 0 radical (unpaired) electrons. The summed E-state index contributed by atoms with van der Waals surface area (Å²) in [5.74, 6) is -1.36. The van der Waals surface area contributed by atoms with E-state index in [1.165, 1.54) is 6.07 Å². The van der Waals surface area contributed by atoms with Crippen molar-refractivity contribution in [2.75, 3.05) is 11.9 Å². The second kappa shape index (κ2) is 5.46. The van der Waals surface area contributed by atoms with E-state index >= 15 is 0 Å².